The fraction of sp³-hybridized carbons (Fsp3) is 0.250. The highest BCUT2D eigenvalue weighted by atomic mass is 16.5. The van der Waals surface area contributed by atoms with E-state index in [1.165, 1.54) is 7.11 Å². The van der Waals surface area contributed by atoms with Crippen LogP contribution in [-0.4, -0.2) is 26.2 Å². The van der Waals surface area contributed by atoms with E-state index in [1.807, 2.05) is 25.1 Å². The molecule has 0 aliphatic heterocycles. The van der Waals surface area contributed by atoms with Gasteiger partial charge >= 0.3 is 11.6 Å². The Balaban J connectivity index is 1.95. The fourth-order valence-corrected chi connectivity index (χ4v) is 3.36. The minimum Gasteiger partial charge on any atom is -0.465 e. The van der Waals surface area contributed by atoms with Gasteiger partial charge in [0.15, 0.2) is 0 Å². The molecule has 3 aromatic rings. The van der Waals surface area contributed by atoms with E-state index in [0.717, 1.165) is 35.3 Å². The first-order chi connectivity index (χ1) is 14.0. The van der Waals surface area contributed by atoms with Gasteiger partial charge in [0, 0.05) is 30.2 Å². The topological polar surface area (TPSA) is 59.8 Å². The number of carbonyl (C=O) groups is 1. The molecule has 0 spiro atoms. The number of carbonyl (C=O) groups excluding carboxylic acids is 1. The number of benzene rings is 2. The number of anilines is 1. The van der Waals surface area contributed by atoms with E-state index in [4.69, 9.17) is 9.15 Å². The van der Waals surface area contributed by atoms with Crippen LogP contribution in [0.25, 0.3) is 23.1 Å². The van der Waals surface area contributed by atoms with Gasteiger partial charge in [-0.25, -0.2) is 9.59 Å². The molecule has 0 aliphatic rings. The van der Waals surface area contributed by atoms with Crippen LogP contribution >= 0.6 is 0 Å². The first-order valence-corrected chi connectivity index (χ1v) is 9.67. The first-order valence-electron chi connectivity index (χ1n) is 9.67. The van der Waals surface area contributed by atoms with E-state index in [9.17, 15) is 9.59 Å². The maximum atomic E-state index is 12.6. The van der Waals surface area contributed by atoms with E-state index in [-0.39, 0.29) is 11.6 Å². The second kappa shape index (κ2) is 8.78. The van der Waals surface area contributed by atoms with Gasteiger partial charge in [-0.15, -0.1) is 0 Å². The van der Waals surface area contributed by atoms with Gasteiger partial charge in [0.05, 0.1) is 18.2 Å². The van der Waals surface area contributed by atoms with Crippen molar-refractivity contribution >= 4 is 34.8 Å². The third-order valence-electron chi connectivity index (χ3n) is 5.10. The molecular formula is C24H25NO4. The number of rotatable bonds is 6. The highest BCUT2D eigenvalue weighted by Crippen LogP contribution is 2.25. The Bertz CT molecular complexity index is 1110. The summed E-state index contributed by atoms with van der Waals surface area (Å²) in [6.07, 6.45) is 3.59. The van der Waals surface area contributed by atoms with E-state index in [0.29, 0.717) is 16.7 Å². The molecule has 29 heavy (non-hydrogen) atoms. The van der Waals surface area contributed by atoms with Gasteiger partial charge in [-0.2, -0.15) is 0 Å². The van der Waals surface area contributed by atoms with Crippen LogP contribution in [0.15, 0.2) is 51.7 Å². The van der Waals surface area contributed by atoms with Crippen LogP contribution in [0.4, 0.5) is 5.69 Å². The second-order valence-electron chi connectivity index (χ2n) is 6.73. The molecule has 5 nitrogen and oxygen atoms in total. The molecule has 3 rings (SSSR count). The zero-order valence-corrected chi connectivity index (χ0v) is 17.2. The lowest BCUT2D eigenvalue weighted by atomic mass is 10.0. The summed E-state index contributed by atoms with van der Waals surface area (Å²) in [5, 5.41) is 0.918. The largest absolute Gasteiger partial charge is 0.465 e. The van der Waals surface area contributed by atoms with Crippen LogP contribution in [-0.2, 0) is 4.74 Å². The average Bonchev–Trinajstić information content (AvgIpc) is 2.74. The van der Waals surface area contributed by atoms with Gasteiger partial charge in [-0.05, 0) is 62.2 Å². The molecule has 0 N–H and O–H groups in total. The van der Waals surface area contributed by atoms with E-state index in [2.05, 4.69) is 24.8 Å². The number of methoxy groups -OCH3 is 1. The maximum Gasteiger partial charge on any atom is 0.343 e. The van der Waals surface area contributed by atoms with Crippen LogP contribution in [0.5, 0.6) is 0 Å². The lowest BCUT2D eigenvalue weighted by Crippen LogP contribution is -2.21. The molecule has 0 unspecified atom stereocenters. The number of nitrogens with zero attached hydrogens (tertiary/aromatic N) is 1. The van der Waals surface area contributed by atoms with Crippen LogP contribution in [0.2, 0.25) is 0 Å². The van der Waals surface area contributed by atoms with Crippen molar-refractivity contribution in [2.75, 3.05) is 25.1 Å². The monoisotopic (exact) mass is 391 g/mol. The Labute approximate surface area is 170 Å². The van der Waals surface area contributed by atoms with Gasteiger partial charge in [0.2, 0.25) is 0 Å². The maximum absolute atomic E-state index is 12.6. The molecule has 0 saturated carbocycles. The molecule has 0 atom stereocenters. The van der Waals surface area contributed by atoms with E-state index >= 15 is 0 Å². The molecule has 1 aromatic heterocycles. The third kappa shape index (κ3) is 4.24. The lowest BCUT2D eigenvalue weighted by Gasteiger charge is -2.21. The molecule has 150 valence electrons. The Morgan fingerprint density at radius 3 is 2.38 bits per heavy atom. The molecule has 0 saturated heterocycles. The van der Waals surface area contributed by atoms with Crippen molar-refractivity contribution < 1.29 is 13.9 Å². The van der Waals surface area contributed by atoms with Gasteiger partial charge in [0.25, 0.3) is 0 Å². The smallest absolute Gasteiger partial charge is 0.343 e. The predicted molar refractivity (Wildman–Crippen MR) is 117 cm³/mol. The van der Waals surface area contributed by atoms with Crippen molar-refractivity contribution in [1.29, 1.82) is 0 Å². The van der Waals surface area contributed by atoms with Gasteiger partial charge in [0.1, 0.15) is 5.58 Å². The number of ether oxygens (including phenoxy) is 1. The van der Waals surface area contributed by atoms with Gasteiger partial charge in [-0.1, -0.05) is 18.2 Å². The molecule has 5 heteroatoms. The first kappa shape index (κ1) is 20.4. The number of hydrogen-bond acceptors (Lipinski definition) is 5. The molecular weight excluding hydrogens is 366 g/mol. The van der Waals surface area contributed by atoms with Crippen molar-refractivity contribution in [1.82, 2.24) is 0 Å². The third-order valence-corrected chi connectivity index (χ3v) is 5.10. The standard InChI is InChI=1S/C24H25NO4/c1-5-25(6-2)19-12-14-20-16(3)21(24(27)29-22(20)15-19)13-9-17-7-10-18(11-8-17)23(26)28-4/h7-15H,5-6H2,1-4H3/b13-9+. The van der Waals surface area contributed by atoms with Crippen molar-refractivity contribution in [2.45, 2.75) is 20.8 Å². The predicted octanol–water partition coefficient (Wildman–Crippen LogP) is 4.90. The molecule has 0 aliphatic carbocycles. The van der Waals surface area contributed by atoms with Crippen LogP contribution < -0.4 is 10.5 Å². The van der Waals surface area contributed by atoms with Gasteiger partial charge < -0.3 is 14.1 Å². The van der Waals surface area contributed by atoms with Crippen LogP contribution in [0, 0.1) is 6.92 Å². The van der Waals surface area contributed by atoms with E-state index in [1.54, 1.807) is 30.3 Å². The number of aryl methyl sites for hydroxylation is 1. The molecule has 2 aromatic carbocycles. The Morgan fingerprint density at radius 1 is 1.07 bits per heavy atom. The summed E-state index contributed by atoms with van der Waals surface area (Å²) in [4.78, 5) is 26.3. The molecule has 0 radical (unpaired) electrons. The molecule has 1 heterocycles. The Hall–Kier alpha value is -3.34. The fourth-order valence-electron chi connectivity index (χ4n) is 3.36. The summed E-state index contributed by atoms with van der Waals surface area (Å²) in [6, 6.07) is 13.0. The molecule has 0 amide bonds. The summed E-state index contributed by atoms with van der Waals surface area (Å²) >= 11 is 0. The minimum atomic E-state index is -0.379. The minimum absolute atomic E-state index is 0.367. The van der Waals surface area contributed by atoms with Crippen molar-refractivity contribution in [3.05, 3.63) is 75.1 Å². The molecule has 0 bridgehead atoms. The number of hydrogen-bond donors (Lipinski definition) is 0. The summed E-state index contributed by atoms with van der Waals surface area (Å²) in [5.41, 5.74) is 4.02. The average molecular weight is 391 g/mol. The summed E-state index contributed by atoms with van der Waals surface area (Å²) in [6.45, 7) is 7.90. The highest BCUT2D eigenvalue weighted by molar-refractivity contribution is 5.90. The summed E-state index contributed by atoms with van der Waals surface area (Å²) in [5.74, 6) is -0.379. The highest BCUT2D eigenvalue weighted by Gasteiger charge is 2.11. The SMILES string of the molecule is CCN(CC)c1ccc2c(C)c(/C=C/c3ccc(C(=O)OC)cc3)c(=O)oc2c1. The summed E-state index contributed by atoms with van der Waals surface area (Å²) in [7, 11) is 1.35. The second-order valence-corrected chi connectivity index (χ2v) is 6.73. The van der Waals surface area contributed by atoms with Crippen molar-refractivity contribution in [3.8, 4) is 0 Å². The van der Waals surface area contributed by atoms with Crippen LogP contribution in [0.3, 0.4) is 0 Å². The number of fused-ring (bicyclic) bond motifs is 1. The zero-order valence-electron chi connectivity index (χ0n) is 17.2. The lowest BCUT2D eigenvalue weighted by molar-refractivity contribution is 0.0600. The van der Waals surface area contributed by atoms with E-state index < -0.39 is 0 Å². The molecule has 0 fully saturated rings. The van der Waals surface area contributed by atoms with Gasteiger partial charge in [-0.3, -0.25) is 0 Å². The van der Waals surface area contributed by atoms with Crippen molar-refractivity contribution in [3.63, 3.8) is 0 Å². The normalized spacial score (nSPS) is 11.2. The van der Waals surface area contributed by atoms with Crippen molar-refractivity contribution in [2.24, 2.45) is 0 Å². The Morgan fingerprint density at radius 2 is 1.76 bits per heavy atom. The quantitative estimate of drug-likeness (QED) is 0.442. The Kier molecular flexibility index (Phi) is 6.17. The zero-order chi connectivity index (χ0) is 21.0. The summed E-state index contributed by atoms with van der Waals surface area (Å²) < 4.78 is 10.3. The number of esters is 1. The van der Waals surface area contributed by atoms with Crippen LogP contribution in [0.1, 0.15) is 40.9 Å².